The first kappa shape index (κ1) is 14.8. The molecule has 18 heavy (non-hydrogen) atoms. The van der Waals surface area contributed by atoms with E-state index >= 15 is 0 Å². The molecule has 0 atom stereocenters. The van der Waals surface area contributed by atoms with Crippen LogP contribution in [0.2, 0.25) is 0 Å². The van der Waals surface area contributed by atoms with Crippen LogP contribution in [0.3, 0.4) is 0 Å². The Kier molecular flexibility index (Phi) is 5.99. The van der Waals surface area contributed by atoms with Gasteiger partial charge in [-0.3, -0.25) is 0 Å². The molecule has 102 valence electrons. The van der Waals surface area contributed by atoms with Crippen LogP contribution in [0.1, 0.15) is 33.1 Å². The molecular weight excluding hydrogens is 226 g/mol. The summed E-state index contributed by atoms with van der Waals surface area (Å²) in [7, 11) is 1.66. The monoisotopic (exact) mass is 251 g/mol. The van der Waals surface area contributed by atoms with Crippen molar-refractivity contribution in [1.29, 1.82) is 0 Å². The standard InChI is InChI=1S/C15H25NO2/c1-15(2,12-16)10-4-5-11-18-14-8-6-13(17-3)7-9-14/h6-9H,4-5,10-12,16H2,1-3H3. The van der Waals surface area contributed by atoms with Gasteiger partial charge in [0.05, 0.1) is 13.7 Å². The predicted octanol–water partition coefficient (Wildman–Crippen LogP) is 3.23. The average Bonchev–Trinajstić information content (AvgIpc) is 2.39. The second kappa shape index (κ2) is 7.27. The second-order valence-corrected chi connectivity index (χ2v) is 5.35. The third-order valence-electron chi connectivity index (χ3n) is 3.13. The Hall–Kier alpha value is -1.22. The van der Waals surface area contributed by atoms with Crippen molar-refractivity contribution in [3.8, 4) is 11.5 Å². The van der Waals surface area contributed by atoms with Crippen molar-refractivity contribution < 1.29 is 9.47 Å². The Morgan fingerprint density at radius 3 is 2.22 bits per heavy atom. The zero-order valence-electron chi connectivity index (χ0n) is 11.7. The van der Waals surface area contributed by atoms with Crippen LogP contribution in [0, 0.1) is 5.41 Å². The van der Waals surface area contributed by atoms with E-state index in [1.165, 1.54) is 0 Å². The van der Waals surface area contributed by atoms with E-state index in [1.807, 2.05) is 24.3 Å². The first-order chi connectivity index (χ1) is 8.57. The van der Waals surface area contributed by atoms with E-state index in [1.54, 1.807) is 7.11 Å². The highest BCUT2D eigenvalue weighted by Gasteiger charge is 2.14. The summed E-state index contributed by atoms with van der Waals surface area (Å²) in [6.45, 7) is 5.91. The van der Waals surface area contributed by atoms with Gasteiger partial charge in [-0.15, -0.1) is 0 Å². The lowest BCUT2D eigenvalue weighted by Crippen LogP contribution is -2.23. The molecule has 3 heteroatoms. The van der Waals surface area contributed by atoms with Crippen LogP contribution in [0.25, 0.3) is 0 Å². The van der Waals surface area contributed by atoms with Crippen molar-refractivity contribution in [2.24, 2.45) is 11.1 Å². The Morgan fingerprint density at radius 1 is 1.06 bits per heavy atom. The molecule has 0 aliphatic carbocycles. The molecule has 3 nitrogen and oxygen atoms in total. The maximum absolute atomic E-state index is 5.70. The molecule has 0 fully saturated rings. The van der Waals surface area contributed by atoms with Gasteiger partial charge in [0, 0.05) is 0 Å². The van der Waals surface area contributed by atoms with Crippen LogP contribution in [0.15, 0.2) is 24.3 Å². The fourth-order valence-corrected chi connectivity index (χ4v) is 1.67. The smallest absolute Gasteiger partial charge is 0.119 e. The van der Waals surface area contributed by atoms with E-state index in [0.29, 0.717) is 0 Å². The molecule has 0 aliphatic rings. The molecule has 0 unspecified atom stereocenters. The summed E-state index contributed by atoms with van der Waals surface area (Å²) >= 11 is 0. The SMILES string of the molecule is COc1ccc(OCCCCC(C)(C)CN)cc1. The first-order valence-corrected chi connectivity index (χ1v) is 6.54. The van der Waals surface area contributed by atoms with Gasteiger partial charge in [0.15, 0.2) is 0 Å². The highest BCUT2D eigenvalue weighted by atomic mass is 16.5. The fraction of sp³-hybridized carbons (Fsp3) is 0.600. The molecule has 2 N–H and O–H groups in total. The summed E-state index contributed by atoms with van der Waals surface area (Å²) in [5.74, 6) is 1.75. The number of rotatable bonds is 8. The van der Waals surface area contributed by atoms with Crippen molar-refractivity contribution in [2.45, 2.75) is 33.1 Å². The van der Waals surface area contributed by atoms with Gasteiger partial charge in [0.25, 0.3) is 0 Å². The molecule has 0 heterocycles. The number of methoxy groups -OCH3 is 1. The Balaban J connectivity index is 2.17. The molecule has 0 saturated carbocycles. The van der Waals surface area contributed by atoms with Crippen LogP contribution >= 0.6 is 0 Å². The van der Waals surface area contributed by atoms with Crippen LogP contribution in [-0.4, -0.2) is 20.3 Å². The Labute approximate surface area is 110 Å². The van der Waals surface area contributed by atoms with Gasteiger partial charge in [-0.2, -0.15) is 0 Å². The Bertz CT molecular complexity index is 333. The van der Waals surface area contributed by atoms with E-state index in [-0.39, 0.29) is 5.41 Å². The molecule has 0 amide bonds. The highest BCUT2D eigenvalue weighted by molar-refractivity contribution is 5.31. The number of benzene rings is 1. The molecule has 0 aromatic heterocycles. The maximum atomic E-state index is 5.70. The van der Waals surface area contributed by atoms with Gasteiger partial charge < -0.3 is 15.2 Å². The third kappa shape index (κ3) is 5.41. The molecule has 0 aliphatic heterocycles. The second-order valence-electron chi connectivity index (χ2n) is 5.35. The third-order valence-corrected chi connectivity index (χ3v) is 3.13. The minimum atomic E-state index is 0.250. The molecule has 0 saturated heterocycles. The van der Waals surface area contributed by atoms with Crippen molar-refractivity contribution in [3.05, 3.63) is 24.3 Å². The number of nitrogens with two attached hydrogens (primary N) is 1. The molecule has 1 aromatic carbocycles. The van der Waals surface area contributed by atoms with Crippen molar-refractivity contribution in [2.75, 3.05) is 20.3 Å². The van der Waals surface area contributed by atoms with Crippen LogP contribution in [-0.2, 0) is 0 Å². The van der Waals surface area contributed by atoms with E-state index < -0.39 is 0 Å². The van der Waals surface area contributed by atoms with E-state index in [2.05, 4.69) is 13.8 Å². The fourth-order valence-electron chi connectivity index (χ4n) is 1.67. The largest absolute Gasteiger partial charge is 0.497 e. The number of ether oxygens (including phenoxy) is 2. The van der Waals surface area contributed by atoms with Crippen molar-refractivity contribution >= 4 is 0 Å². The number of unbranched alkanes of at least 4 members (excludes halogenated alkanes) is 1. The van der Waals surface area contributed by atoms with E-state index in [4.69, 9.17) is 15.2 Å². The molecule has 0 spiro atoms. The molecular formula is C15H25NO2. The number of hydrogen-bond acceptors (Lipinski definition) is 3. The quantitative estimate of drug-likeness (QED) is 0.721. The van der Waals surface area contributed by atoms with Crippen molar-refractivity contribution in [3.63, 3.8) is 0 Å². The Morgan fingerprint density at radius 2 is 1.67 bits per heavy atom. The zero-order chi connectivity index (χ0) is 13.4. The summed E-state index contributed by atoms with van der Waals surface area (Å²) in [6, 6.07) is 7.69. The average molecular weight is 251 g/mol. The lowest BCUT2D eigenvalue weighted by atomic mass is 9.87. The molecule has 0 bridgehead atoms. The van der Waals surface area contributed by atoms with Gasteiger partial charge in [-0.25, -0.2) is 0 Å². The lowest BCUT2D eigenvalue weighted by Gasteiger charge is -2.21. The van der Waals surface area contributed by atoms with Crippen LogP contribution in [0.5, 0.6) is 11.5 Å². The predicted molar refractivity (Wildman–Crippen MR) is 75.2 cm³/mol. The minimum absolute atomic E-state index is 0.250. The first-order valence-electron chi connectivity index (χ1n) is 6.54. The summed E-state index contributed by atoms with van der Waals surface area (Å²) in [5.41, 5.74) is 5.95. The van der Waals surface area contributed by atoms with E-state index in [9.17, 15) is 0 Å². The minimum Gasteiger partial charge on any atom is -0.497 e. The zero-order valence-corrected chi connectivity index (χ0v) is 11.7. The summed E-state index contributed by atoms with van der Waals surface area (Å²) in [5, 5.41) is 0. The summed E-state index contributed by atoms with van der Waals surface area (Å²) in [4.78, 5) is 0. The molecule has 1 rings (SSSR count). The van der Waals surface area contributed by atoms with Gasteiger partial charge in [-0.1, -0.05) is 13.8 Å². The van der Waals surface area contributed by atoms with Crippen molar-refractivity contribution in [1.82, 2.24) is 0 Å². The van der Waals surface area contributed by atoms with Crippen LogP contribution in [0.4, 0.5) is 0 Å². The summed E-state index contributed by atoms with van der Waals surface area (Å²) < 4.78 is 10.8. The van der Waals surface area contributed by atoms with Gasteiger partial charge in [-0.05, 0) is 55.5 Å². The topological polar surface area (TPSA) is 44.5 Å². The number of hydrogen-bond donors (Lipinski definition) is 1. The molecule has 1 aromatic rings. The highest BCUT2D eigenvalue weighted by Crippen LogP contribution is 2.21. The van der Waals surface area contributed by atoms with Gasteiger partial charge in [0.1, 0.15) is 11.5 Å². The lowest BCUT2D eigenvalue weighted by molar-refractivity contribution is 0.278. The maximum Gasteiger partial charge on any atom is 0.119 e. The van der Waals surface area contributed by atoms with Crippen LogP contribution < -0.4 is 15.2 Å². The van der Waals surface area contributed by atoms with E-state index in [0.717, 1.165) is 43.9 Å². The van der Waals surface area contributed by atoms with Gasteiger partial charge in [0.2, 0.25) is 0 Å². The molecule has 0 radical (unpaired) electrons. The summed E-state index contributed by atoms with van der Waals surface area (Å²) in [6.07, 6.45) is 3.37. The van der Waals surface area contributed by atoms with Gasteiger partial charge >= 0.3 is 0 Å². The normalized spacial score (nSPS) is 11.3.